The van der Waals surface area contributed by atoms with Crippen LogP contribution >= 0.6 is 0 Å². The molecule has 2 N–H and O–H groups in total. The fourth-order valence-electron chi connectivity index (χ4n) is 2.81. The SMILES string of the molecule is COc1ccc(S(=O)(=O)CC(NC(=O)CNC(=O)OC(C)(C)C)C(=O)OCc2ccccc2)cc1. The van der Waals surface area contributed by atoms with E-state index in [1.54, 1.807) is 51.1 Å². The van der Waals surface area contributed by atoms with Gasteiger partial charge in [-0.25, -0.2) is 18.0 Å². The molecule has 1 atom stereocenters. The van der Waals surface area contributed by atoms with Crippen molar-refractivity contribution in [1.82, 2.24) is 10.6 Å². The average molecular weight is 507 g/mol. The molecule has 2 aromatic carbocycles. The maximum Gasteiger partial charge on any atom is 0.408 e. The molecule has 1 unspecified atom stereocenters. The van der Waals surface area contributed by atoms with Crippen LogP contribution in [0.4, 0.5) is 4.79 Å². The van der Waals surface area contributed by atoms with Crippen LogP contribution in [0.25, 0.3) is 0 Å². The number of methoxy groups -OCH3 is 1. The van der Waals surface area contributed by atoms with Gasteiger partial charge in [-0.05, 0) is 50.6 Å². The average Bonchev–Trinajstić information content (AvgIpc) is 2.80. The van der Waals surface area contributed by atoms with Crippen LogP contribution in [0.1, 0.15) is 26.3 Å². The van der Waals surface area contributed by atoms with Crippen LogP contribution in [0, 0.1) is 0 Å². The van der Waals surface area contributed by atoms with E-state index >= 15 is 0 Å². The molecule has 0 saturated heterocycles. The highest BCUT2D eigenvalue weighted by Crippen LogP contribution is 2.18. The number of hydrogen-bond donors (Lipinski definition) is 2. The number of alkyl carbamates (subject to hydrolysis) is 1. The van der Waals surface area contributed by atoms with Gasteiger partial charge in [0.05, 0.1) is 17.8 Å². The van der Waals surface area contributed by atoms with Crippen molar-refractivity contribution in [3.63, 3.8) is 0 Å². The highest BCUT2D eigenvalue weighted by molar-refractivity contribution is 7.91. The Hall–Kier alpha value is -3.60. The Labute approximate surface area is 204 Å². The van der Waals surface area contributed by atoms with Crippen LogP contribution in [-0.2, 0) is 35.5 Å². The number of rotatable bonds is 10. The Morgan fingerprint density at radius 1 is 0.971 bits per heavy atom. The van der Waals surface area contributed by atoms with Gasteiger partial charge < -0.3 is 24.8 Å². The smallest absolute Gasteiger partial charge is 0.408 e. The molecule has 11 heteroatoms. The zero-order chi connectivity index (χ0) is 26.1. The van der Waals surface area contributed by atoms with Crippen molar-refractivity contribution < 1.29 is 37.0 Å². The molecule has 0 aliphatic carbocycles. The number of amides is 2. The van der Waals surface area contributed by atoms with Gasteiger partial charge in [0.1, 0.15) is 30.5 Å². The maximum absolute atomic E-state index is 12.9. The molecule has 0 spiro atoms. The largest absolute Gasteiger partial charge is 0.497 e. The predicted molar refractivity (Wildman–Crippen MR) is 127 cm³/mol. The summed E-state index contributed by atoms with van der Waals surface area (Å²) in [6, 6.07) is 12.9. The van der Waals surface area contributed by atoms with E-state index in [1.807, 2.05) is 0 Å². The summed E-state index contributed by atoms with van der Waals surface area (Å²) in [5.41, 5.74) is -0.0768. The zero-order valence-electron chi connectivity index (χ0n) is 20.1. The molecule has 10 nitrogen and oxygen atoms in total. The first-order valence-corrected chi connectivity index (χ1v) is 12.4. The topological polar surface area (TPSA) is 137 Å². The minimum Gasteiger partial charge on any atom is -0.497 e. The van der Waals surface area contributed by atoms with Crippen molar-refractivity contribution >= 4 is 27.8 Å². The first-order valence-electron chi connectivity index (χ1n) is 10.7. The maximum atomic E-state index is 12.9. The van der Waals surface area contributed by atoms with E-state index in [4.69, 9.17) is 14.2 Å². The first kappa shape index (κ1) is 27.6. The summed E-state index contributed by atoms with van der Waals surface area (Å²) >= 11 is 0. The molecular formula is C24H30N2O8S. The van der Waals surface area contributed by atoms with Gasteiger partial charge in [-0.15, -0.1) is 0 Å². The molecule has 2 aromatic rings. The molecule has 0 fully saturated rings. The third kappa shape index (κ3) is 9.65. The van der Waals surface area contributed by atoms with Crippen molar-refractivity contribution in [2.24, 2.45) is 0 Å². The lowest BCUT2D eigenvalue weighted by Gasteiger charge is -2.20. The van der Waals surface area contributed by atoms with Crippen molar-refractivity contribution in [3.8, 4) is 5.75 Å². The summed E-state index contributed by atoms with van der Waals surface area (Å²) in [6.45, 7) is 4.35. The normalized spacial score (nSPS) is 12.2. The summed E-state index contributed by atoms with van der Waals surface area (Å²) < 4.78 is 41.2. The summed E-state index contributed by atoms with van der Waals surface area (Å²) in [4.78, 5) is 36.9. The Morgan fingerprint density at radius 2 is 1.60 bits per heavy atom. The van der Waals surface area contributed by atoms with Gasteiger partial charge in [0.2, 0.25) is 5.91 Å². The minimum atomic E-state index is -4.00. The van der Waals surface area contributed by atoms with Gasteiger partial charge in [-0.1, -0.05) is 30.3 Å². The van der Waals surface area contributed by atoms with Crippen molar-refractivity contribution in [1.29, 1.82) is 0 Å². The highest BCUT2D eigenvalue weighted by atomic mass is 32.2. The number of nitrogens with one attached hydrogen (secondary N) is 2. The van der Waals surface area contributed by atoms with Gasteiger partial charge in [0, 0.05) is 0 Å². The highest BCUT2D eigenvalue weighted by Gasteiger charge is 2.30. The number of ether oxygens (including phenoxy) is 3. The van der Waals surface area contributed by atoms with Crippen LogP contribution in [0.3, 0.4) is 0 Å². The van der Waals surface area contributed by atoms with Crippen molar-refractivity contribution in [2.75, 3.05) is 19.4 Å². The van der Waals surface area contributed by atoms with Crippen molar-refractivity contribution in [2.45, 2.75) is 43.9 Å². The molecule has 2 rings (SSSR count). The third-order valence-electron chi connectivity index (χ3n) is 4.44. The fraction of sp³-hybridized carbons (Fsp3) is 0.375. The second-order valence-electron chi connectivity index (χ2n) is 8.53. The molecule has 0 heterocycles. The van der Waals surface area contributed by atoms with Gasteiger partial charge in [-0.2, -0.15) is 0 Å². The molecule has 35 heavy (non-hydrogen) atoms. The van der Waals surface area contributed by atoms with Crippen LogP contribution in [0.5, 0.6) is 5.75 Å². The molecule has 0 aliphatic heterocycles. The second kappa shape index (κ2) is 12.2. The van der Waals surface area contributed by atoms with Gasteiger partial charge in [-0.3, -0.25) is 4.79 Å². The minimum absolute atomic E-state index is 0.0553. The summed E-state index contributed by atoms with van der Waals surface area (Å²) in [6.07, 6.45) is -0.832. The lowest BCUT2D eigenvalue weighted by molar-refractivity contribution is -0.148. The zero-order valence-corrected chi connectivity index (χ0v) is 20.9. The monoisotopic (exact) mass is 506 g/mol. The Bertz CT molecular complexity index is 1110. The molecule has 190 valence electrons. The molecule has 2 amide bonds. The molecular weight excluding hydrogens is 476 g/mol. The van der Waals surface area contributed by atoms with Gasteiger partial charge in [0.25, 0.3) is 0 Å². The Kier molecular flexibility index (Phi) is 9.64. The van der Waals surface area contributed by atoms with E-state index in [0.717, 1.165) is 0 Å². The van der Waals surface area contributed by atoms with E-state index in [1.165, 1.54) is 31.4 Å². The number of hydrogen-bond acceptors (Lipinski definition) is 8. The molecule has 0 aromatic heterocycles. The fourth-order valence-corrected chi connectivity index (χ4v) is 4.21. The van der Waals surface area contributed by atoms with E-state index in [0.29, 0.717) is 11.3 Å². The number of sulfone groups is 1. The van der Waals surface area contributed by atoms with Crippen LogP contribution in [-0.4, -0.2) is 57.4 Å². The third-order valence-corrected chi connectivity index (χ3v) is 6.20. The summed E-state index contributed by atoms with van der Waals surface area (Å²) in [5.74, 6) is -2.01. The lowest BCUT2D eigenvalue weighted by atomic mass is 10.2. The van der Waals surface area contributed by atoms with Gasteiger partial charge in [0.15, 0.2) is 9.84 Å². The van der Waals surface area contributed by atoms with E-state index < -0.39 is 51.7 Å². The first-order chi connectivity index (χ1) is 16.4. The summed E-state index contributed by atoms with van der Waals surface area (Å²) in [5, 5.41) is 4.59. The Balaban J connectivity index is 2.12. The number of carbonyl (C=O) groups is 3. The Morgan fingerprint density at radius 3 is 2.17 bits per heavy atom. The predicted octanol–water partition coefficient (Wildman–Crippen LogP) is 2.22. The van der Waals surface area contributed by atoms with E-state index in [9.17, 15) is 22.8 Å². The lowest BCUT2D eigenvalue weighted by Crippen LogP contribution is -2.49. The number of esters is 1. The van der Waals surface area contributed by atoms with E-state index in [-0.39, 0.29) is 11.5 Å². The molecule has 0 radical (unpaired) electrons. The number of benzene rings is 2. The summed E-state index contributed by atoms with van der Waals surface area (Å²) in [7, 11) is -2.55. The quantitative estimate of drug-likeness (QED) is 0.468. The standard InChI is InChI=1S/C24H30N2O8S/c1-24(2,3)34-23(29)25-14-21(27)26-20(22(28)33-15-17-8-6-5-7-9-17)16-35(30,31)19-12-10-18(32-4)11-13-19/h5-13,20H,14-16H2,1-4H3,(H,25,29)(H,26,27). The molecule has 0 aliphatic rings. The van der Waals surface area contributed by atoms with Gasteiger partial charge >= 0.3 is 12.1 Å². The molecule has 0 saturated carbocycles. The van der Waals surface area contributed by atoms with E-state index in [2.05, 4.69) is 10.6 Å². The van der Waals surface area contributed by atoms with Crippen molar-refractivity contribution in [3.05, 3.63) is 60.2 Å². The second-order valence-corrected chi connectivity index (χ2v) is 10.6. The van der Waals surface area contributed by atoms with Crippen LogP contribution in [0.2, 0.25) is 0 Å². The number of carbonyl (C=O) groups excluding carboxylic acids is 3. The molecule has 0 bridgehead atoms. The van der Waals surface area contributed by atoms with Crippen LogP contribution < -0.4 is 15.4 Å². The van der Waals surface area contributed by atoms with Crippen LogP contribution in [0.15, 0.2) is 59.5 Å².